The van der Waals surface area contributed by atoms with E-state index >= 15 is 0 Å². The molecule has 2 rings (SSSR count). The molecule has 1 aromatic carbocycles. The van der Waals surface area contributed by atoms with E-state index in [9.17, 15) is 4.79 Å². The number of hydrogen-bond acceptors (Lipinski definition) is 3. The second kappa shape index (κ2) is 6.57. The number of aryl methyl sites for hydroxylation is 2. The predicted octanol–water partition coefficient (Wildman–Crippen LogP) is 2.75. The number of aromatic nitrogens is 2. The lowest BCUT2D eigenvalue weighted by molar-refractivity contribution is -0.107. The van der Waals surface area contributed by atoms with Crippen LogP contribution in [0.4, 0.5) is 5.69 Å². The summed E-state index contributed by atoms with van der Waals surface area (Å²) in [5.74, 6) is 1.60. The van der Waals surface area contributed by atoms with E-state index in [4.69, 9.17) is 11.6 Å². The summed E-state index contributed by atoms with van der Waals surface area (Å²) in [5.41, 5.74) is 3.12. The number of halogens is 1. The van der Waals surface area contributed by atoms with Gasteiger partial charge < -0.3 is 14.7 Å². The number of imidazole rings is 1. The van der Waals surface area contributed by atoms with E-state index in [1.165, 1.54) is 0 Å². The molecule has 0 aliphatic rings. The number of aldehydes is 1. The van der Waals surface area contributed by atoms with Crippen LogP contribution >= 0.6 is 11.6 Å². The van der Waals surface area contributed by atoms with Crippen molar-refractivity contribution in [1.82, 2.24) is 9.55 Å². The molecule has 0 saturated carbocycles. The number of rotatable bonds is 7. The highest BCUT2D eigenvalue weighted by atomic mass is 35.5. The van der Waals surface area contributed by atoms with Crippen molar-refractivity contribution in [1.29, 1.82) is 0 Å². The van der Waals surface area contributed by atoms with E-state index in [2.05, 4.69) is 20.9 Å². The zero-order valence-corrected chi connectivity index (χ0v) is 11.8. The van der Waals surface area contributed by atoms with Gasteiger partial charge in [0, 0.05) is 38.0 Å². The summed E-state index contributed by atoms with van der Waals surface area (Å²) in [4.78, 5) is 15.0. The van der Waals surface area contributed by atoms with Gasteiger partial charge in [-0.3, -0.25) is 0 Å². The minimum Gasteiger partial charge on any atom is -0.384 e. The lowest BCUT2D eigenvalue weighted by Crippen LogP contribution is -2.01. The van der Waals surface area contributed by atoms with Crippen molar-refractivity contribution in [2.75, 3.05) is 17.7 Å². The third-order valence-electron chi connectivity index (χ3n) is 3.12. The molecule has 1 N–H and O–H groups in total. The fraction of sp³-hybridized carbons (Fsp3) is 0.429. The minimum absolute atomic E-state index is 0.581. The molecule has 2 aromatic rings. The average molecular weight is 280 g/mol. The van der Waals surface area contributed by atoms with Gasteiger partial charge in [-0.05, 0) is 24.6 Å². The van der Waals surface area contributed by atoms with Crippen molar-refractivity contribution in [3.8, 4) is 0 Å². The molecule has 1 heterocycles. The second-order valence-electron chi connectivity index (χ2n) is 4.47. The summed E-state index contributed by atoms with van der Waals surface area (Å²) in [6.07, 6.45) is 3.22. The monoisotopic (exact) mass is 279 g/mol. The van der Waals surface area contributed by atoms with Crippen molar-refractivity contribution in [2.24, 2.45) is 7.05 Å². The molecule has 0 fully saturated rings. The first-order valence-corrected chi connectivity index (χ1v) is 6.98. The fourth-order valence-corrected chi connectivity index (χ4v) is 2.21. The standard InChI is InChI=1S/C14H18ClN3O/c1-18-13-6-5-11(16-8-7-15)10-12(13)17-14(18)4-2-3-9-19/h5-6,9-10,16H,2-4,7-8H2,1H3. The highest BCUT2D eigenvalue weighted by Gasteiger charge is 2.07. The molecule has 0 spiro atoms. The van der Waals surface area contributed by atoms with Gasteiger partial charge in [0.15, 0.2) is 0 Å². The Hall–Kier alpha value is -1.55. The Balaban J connectivity index is 2.21. The van der Waals surface area contributed by atoms with Crippen LogP contribution in [-0.4, -0.2) is 28.3 Å². The number of nitrogens with zero attached hydrogens (tertiary/aromatic N) is 2. The molecule has 0 aliphatic heterocycles. The third kappa shape index (κ3) is 3.26. The lowest BCUT2D eigenvalue weighted by atomic mass is 10.2. The van der Waals surface area contributed by atoms with E-state index in [-0.39, 0.29) is 0 Å². The van der Waals surface area contributed by atoms with Crippen molar-refractivity contribution in [3.63, 3.8) is 0 Å². The maximum absolute atomic E-state index is 10.4. The SMILES string of the molecule is Cn1c(CCCC=O)nc2cc(NCCCl)ccc21. The highest BCUT2D eigenvalue weighted by molar-refractivity contribution is 6.18. The second-order valence-corrected chi connectivity index (χ2v) is 4.84. The first-order valence-electron chi connectivity index (χ1n) is 6.45. The van der Waals surface area contributed by atoms with Crippen molar-refractivity contribution < 1.29 is 4.79 Å². The van der Waals surface area contributed by atoms with E-state index in [1.54, 1.807) is 0 Å². The summed E-state index contributed by atoms with van der Waals surface area (Å²) in [6, 6.07) is 6.12. The van der Waals surface area contributed by atoms with Crippen molar-refractivity contribution >= 4 is 34.6 Å². The zero-order valence-electron chi connectivity index (χ0n) is 11.0. The van der Waals surface area contributed by atoms with Gasteiger partial charge in [0.05, 0.1) is 11.0 Å². The van der Waals surface area contributed by atoms with Gasteiger partial charge in [-0.1, -0.05) is 0 Å². The van der Waals surface area contributed by atoms with E-state index in [0.29, 0.717) is 12.3 Å². The molecular weight excluding hydrogens is 262 g/mol. The van der Waals surface area contributed by atoms with Crippen LogP contribution in [0.3, 0.4) is 0 Å². The Morgan fingerprint density at radius 3 is 3.05 bits per heavy atom. The third-order valence-corrected chi connectivity index (χ3v) is 3.31. The maximum atomic E-state index is 10.4. The molecule has 0 aliphatic carbocycles. The summed E-state index contributed by atoms with van der Waals surface area (Å²) in [7, 11) is 2.01. The fourth-order valence-electron chi connectivity index (χ4n) is 2.12. The zero-order chi connectivity index (χ0) is 13.7. The van der Waals surface area contributed by atoms with Crippen LogP contribution in [0.1, 0.15) is 18.7 Å². The largest absolute Gasteiger partial charge is 0.384 e. The van der Waals surface area contributed by atoms with Gasteiger partial charge >= 0.3 is 0 Å². The molecule has 0 amide bonds. The number of unbranched alkanes of at least 4 members (excludes halogenated alkanes) is 1. The Morgan fingerprint density at radius 2 is 2.32 bits per heavy atom. The molecule has 0 atom stereocenters. The molecule has 5 heteroatoms. The van der Waals surface area contributed by atoms with E-state index in [1.807, 2.05) is 19.2 Å². The van der Waals surface area contributed by atoms with Gasteiger partial charge in [0.25, 0.3) is 0 Å². The van der Waals surface area contributed by atoms with Gasteiger partial charge in [-0.25, -0.2) is 4.98 Å². The van der Waals surface area contributed by atoms with Gasteiger partial charge in [-0.15, -0.1) is 11.6 Å². The smallest absolute Gasteiger partial charge is 0.120 e. The van der Waals surface area contributed by atoms with Gasteiger partial charge in [0.1, 0.15) is 12.1 Å². The average Bonchev–Trinajstić information content (AvgIpc) is 2.73. The van der Waals surface area contributed by atoms with Crippen LogP contribution in [0.15, 0.2) is 18.2 Å². The number of carbonyl (C=O) groups excluding carboxylic acids is 1. The van der Waals surface area contributed by atoms with Crippen LogP contribution in [0.5, 0.6) is 0 Å². The molecule has 102 valence electrons. The van der Waals surface area contributed by atoms with Crippen molar-refractivity contribution in [2.45, 2.75) is 19.3 Å². The van der Waals surface area contributed by atoms with E-state index < -0.39 is 0 Å². The topological polar surface area (TPSA) is 46.9 Å². The highest BCUT2D eigenvalue weighted by Crippen LogP contribution is 2.20. The molecule has 0 saturated heterocycles. The summed E-state index contributed by atoms with van der Waals surface area (Å²) >= 11 is 5.66. The Morgan fingerprint density at radius 1 is 1.47 bits per heavy atom. The van der Waals surface area contributed by atoms with Crippen LogP contribution < -0.4 is 5.32 Å². The normalized spacial score (nSPS) is 10.8. The number of hydrogen-bond donors (Lipinski definition) is 1. The van der Waals surface area contributed by atoms with Crippen LogP contribution in [0, 0.1) is 0 Å². The maximum Gasteiger partial charge on any atom is 0.120 e. The summed E-state index contributed by atoms with van der Waals surface area (Å²) in [6.45, 7) is 0.742. The summed E-state index contributed by atoms with van der Waals surface area (Å²) in [5, 5.41) is 3.24. The predicted molar refractivity (Wildman–Crippen MR) is 78.9 cm³/mol. The lowest BCUT2D eigenvalue weighted by Gasteiger charge is -2.04. The Bertz CT molecular complexity index is 565. The molecule has 0 radical (unpaired) electrons. The van der Waals surface area contributed by atoms with Crippen molar-refractivity contribution in [3.05, 3.63) is 24.0 Å². The number of nitrogens with one attached hydrogen (secondary N) is 1. The van der Waals surface area contributed by atoms with Crippen LogP contribution in [-0.2, 0) is 18.3 Å². The Labute approximate surface area is 117 Å². The first-order chi connectivity index (χ1) is 9.26. The summed E-state index contributed by atoms with van der Waals surface area (Å²) < 4.78 is 2.09. The van der Waals surface area contributed by atoms with Gasteiger partial charge in [-0.2, -0.15) is 0 Å². The first kappa shape index (κ1) is 13.9. The molecule has 19 heavy (non-hydrogen) atoms. The van der Waals surface area contributed by atoms with Crippen LogP contribution in [0.2, 0.25) is 0 Å². The molecular formula is C14H18ClN3O. The van der Waals surface area contributed by atoms with Gasteiger partial charge in [0.2, 0.25) is 0 Å². The number of fused-ring (bicyclic) bond motifs is 1. The number of alkyl halides is 1. The number of benzene rings is 1. The molecule has 0 bridgehead atoms. The minimum atomic E-state index is 0.581. The molecule has 0 unspecified atom stereocenters. The molecule has 1 aromatic heterocycles. The van der Waals surface area contributed by atoms with E-state index in [0.717, 1.165) is 48.2 Å². The quantitative estimate of drug-likeness (QED) is 0.482. The molecule has 4 nitrogen and oxygen atoms in total. The number of anilines is 1. The number of carbonyl (C=O) groups is 1. The van der Waals surface area contributed by atoms with Crippen LogP contribution in [0.25, 0.3) is 11.0 Å². The Kier molecular flexibility index (Phi) is 4.80.